The molecule has 0 aliphatic carbocycles. The number of aromatic nitrogens is 4. The van der Waals surface area contributed by atoms with Crippen LogP contribution in [0.4, 0.5) is 5.95 Å². The van der Waals surface area contributed by atoms with Crippen molar-refractivity contribution in [3.05, 3.63) is 35.7 Å². The van der Waals surface area contributed by atoms with Gasteiger partial charge in [0, 0.05) is 62.8 Å². The van der Waals surface area contributed by atoms with Crippen molar-refractivity contribution in [1.29, 1.82) is 0 Å². The summed E-state index contributed by atoms with van der Waals surface area (Å²) in [5.41, 5.74) is 2.24. The third kappa shape index (κ3) is 3.82. The van der Waals surface area contributed by atoms with Crippen molar-refractivity contribution in [1.82, 2.24) is 24.8 Å². The number of rotatable bonds is 5. The highest BCUT2D eigenvalue weighted by atomic mass is 16.5. The average molecular weight is 342 g/mol. The van der Waals surface area contributed by atoms with Gasteiger partial charge in [-0.05, 0) is 19.8 Å². The molecule has 0 amide bonds. The monoisotopic (exact) mass is 342 g/mol. The fourth-order valence-electron chi connectivity index (χ4n) is 3.66. The van der Waals surface area contributed by atoms with Gasteiger partial charge in [-0.2, -0.15) is 0 Å². The Hall–Kier alpha value is -1.99. The maximum Gasteiger partial charge on any atom is 0.225 e. The second-order valence-corrected chi connectivity index (χ2v) is 6.89. The van der Waals surface area contributed by atoms with Crippen molar-refractivity contribution < 1.29 is 4.74 Å². The van der Waals surface area contributed by atoms with E-state index in [2.05, 4.69) is 37.9 Å². The van der Waals surface area contributed by atoms with E-state index < -0.39 is 0 Å². The Morgan fingerprint density at radius 1 is 1.20 bits per heavy atom. The highest BCUT2D eigenvalue weighted by molar-refractivity contribution is 5.30. The van der Waals surface area contributed by atoms with Gasteiger partial charge in [0.05, 0.1) is 18.9 Å². The normalized spacial score (nSPS) is 20.5. The highest BCUT2D eigenvalue weighted by Gasteiger charge is 2.22. The van der Waals surface area contributed by atoms with Gasteiger partial charge in [-0.3, -0.25) is 0 Å². The largest absolute Gasteiger partial charge is 0.378 e. The van der Waals surface area contributed by atoms with Gasteiger partial charge in [0.2, 0.25) is 5.95 Å². The van der Waals surface area contributed by atoms with Crippen LogP contribution in [-0.2, 0) is 17.8 Å². The number of nitrogens with one attached hydrogen (secondary N) is 1. The van der Waals surface area contributed by atoms with Crippen LogP contribution >= 0.6 is 0 Å². The molecule has 7 nitrogen and oxygen atoms in total. The molecule has 0 aromatic carbocycles. The molecular formula is C18H26N6O. The summed E-state index contributed by atoms with van der Waals surface area (Å²) in [6, 6.07) is 0. The molecule has 0 bridgehead atoms. The summed E-state index contributed by atoms with van der Waals surface area (Å²) in [6.45, 7) is 8.15. The van der Waals surface area contributed by atoms with Crippen LogP contribution in [0, 0.1) is 6.92 Å². The van der Waals surface area contributed by atoms with Crippen molar-refractivity contribution in [2.24, 2.45) is 0 Å². The summed E-state index contributed by atoms with van der Waals surface area (Å²) in [6.07, 6.45) is 8.45. The number of fused-ring (bicyclic) bond motifs is 1. The Kier molecular flexibility index (Phi) is 4.94. The van der Waals surface area contributed by atoms with E-state index in [1.807, 2.05) is 12.4 Å². The lowest BCUT2D eigenvalue weighted by Gasteiger charge is -2.26. The van der Waals surface area contributed by atoms with Gasteiger partial charge in [0.15, 0.2) is 0 Å². The molecule has 0 radical (unpaired) electrons. The summed E-state index contributed by atoms with van der Waals surface area (Å²) >= 11 is 0. The van der Waals surface area contributed by atoms with Crippen LogP contribution in [0.1, 0.15) is 35.8 Å². The minimum Gasteiger partial charge on any atom is -0.378 e. The fourth-order valence-corrected chi connectivity index (χ4v) is 3.66. The van der Waals surface area contributed by atoms with E-state index in [0.717, 1.165) is 63.1 Å². The predicted octanol–water partition coefficient (Wildman–Crippen LogP) is 1.49. The molecule has 2 aromatic heterocycles. The maximum absolute atomic E-state index is 5.37. The van der Waals surface area contributed by atoms with Crippen LogP contribution in [-0.4, -0.2) is 52.4 Å². The van der Waals surface area contributed by atoms with Gasteiger partial charge in [0.1, 0.15) is 5.82 Å². The first-order chi connectivity index (χ1) is 12.3. The molecule has 7 heteroatoms. The topological polar surface area (TPSA) is 68.1 Å². The van der Waals surface area contributed by atoms with Crippen LogP contribution < -0.4 is 10.2 Å². The molecule has 0 spiro atoms. The van der Waals surface area contributed by atoms with Crippen molar-refractivity contribution >= 4 is 5.95 Å². The molecule has 134 valence electrons. The van der Waals surface area contributed by atoms with Gasteiger partial charge in [-0.15, -0.1) is 0 Å². The third-order valence-electron chi connectivity index (χ3n) is 4.95. The van der Waals surface area contributed by atoms with Crippen LogP contribution in [0.5, 0.6) is 0 Å². The molecule has 1 unspecified atom stereocenters. The number of morpholine rings is 1. The summed E-state index contributed by atoms with van der Waals surface area (Å²) in [5.74, 6) is 2.53. The van der Waals surface area contributed by atoms with Gasteiger partial charge in [-0.25, -0.2) is 15.0 Å². The molecule has 1 N–H and O–H groups in total. The van der Waals surface area contributed by atoms with E-state index in [-0.39, 0.29) is 0 Å². The van der Waals surface area contributed by atoms with E-state index in [9.17, 15) is 0 Å². The van der Waals surface area contributed by atoms with Crippen LogP contribution in [0.2, 0.25) is 0 Å². The van der Waals surface area contributed by atoms with Gasteiger partial charge < -0.3 is 19.5 Å². The predicted molar refractivity (Wildman–Crippen MR) is 95.7 cm³/mol. The summed E-state index contributed by atoms with van der Waals surface area (Å²) in [4.78, 5) is 15.9. The highest BCUT2D eigenvalue weighted by Crippen LogP contribution is 2.26. The van der Waals surface area contributed by atoms with Gasteiger partial charge in [-0.1, -0.05) is 0 Å². The first-order valence-electron chi connectivity index (χ1n) is 9.17. The summed E-state index contributed by atoms with van der Waals surface area (Å²) < 4.78 is 7.68. The quantitative estimate of drug-likeness (QED) is 0.888. The van der Waals surface area contributed by atoms with Crippen LogP contribution in [0.3, 0.4) is 0 Å². The summed E-state index contributed by atoms with van der Waals surface area (Å²) in [7, 11) is 0. The molecule has 1 fully saturated rings. The molecule has 4 rings (SSSR count). The number of anilines is 1. The lowest BCUT2D eigenvalue weighted by molar-refractivity contribution is 0.122. The second kappa shape index (κ2) is 7.49. The molecule has 0 saturated carbocycles. The van der Waals surface area contributed by atoms with E-state index in [1.54, 1.807) is 0 Å². The molecule has 25 heavy (non-hydrogen) atoms. The lowest BCUT2D eigenvalue weighted by Crippen LogP contribution is -2.37. The Balaban J connectivity index is 1.30. The van der Waals surface area contributed by atoms with Gasteiger partial charge in [0.25, 0.3) is 0 Å². The first-order valence-corrected chi connectivity index (χ1v) is 9.17. The number of ether oxygens (including phenoxy) is 1. The Bertz CT molecular complexity index is 692. The number of hydrogen-bond donors (Lipinski definition) is 1. The standard InChI is InChI=1S/C18H26N6O/c1-14-13-24-4-2-3-16(17(24)22-14)12-19-9-15-10-20-18(21-11-15)23-5-7-25-8-6-23/h10-11,13,16,19H,2-9,12H2,1H3. The minimum atomic E-state index is 0.496. The zero-order chi connectivity index (χ0) is 17.1. The third-order valence-corrected chi connectivity index (χ3v) is 4.95. The molecule has 1 atom stereocenters. The van der Waals surface area contributed by atoms with Crippen molar-refractivity contribution in [2.45, 2.75) is 38.8 Å². The van der Waals surface area contributed by atoms with Crippen molar-refractivity contribution in [3.63, 3.8) is 0 Å². The maximum atomic E-state index is 5.37. The lowest BCUT2D eigenvalue weighted by atomic mass is 9.99. The first kappa shape index (κ1) is 16.5. The van der Waals surface area contributed by atoms with E-state index in [0.29, 0.717) is 5.92 Å². The van der Waals surface area contributed by atoms with E-state index in [4.69, 9.17) is 9.72 Å². The van der Waals surface area contributed by atoms with Crippen LogP contribution in [0.25, 0.3) is 0 Å². The Morgan fingerprint density at radius 2 is 2.00 bits per heavy atom. The number of imidazole rings is 1. The molecule has 2 aliphatic heterocycles. The molecule has 2 aliphatic rings. The fraction of sp³-hybridized carbons (Fsp3) is 0.611. The molecule has 4 heterocycles. The number of nitrogens with zero attached hydrogens (tertiary/aromatic N) is 5. The van der Waals surface area contributed by atoms with E-state index in [1.165, 1.54) is 18.7 Å². The zero-order valence-electron chi connectivity index (χ0n) is 14.8. The Morgan fingerprint density at radius 3 is 2.80 bits per heavy atom. The van der Waals surface area contributed by atoms with Crippen molar-refractivity contribution in [2.75, 3.05) is 37.7 Å². The second-order valence-electron chi connectivity index (χ2n) is 6.89. The number of aryl methyl sites for hydroxylation is 2. The van der Waals surface area contributed by atoms with Gasteiger partial charge >= 0.3 is 0 Å². The number of hydrogen-bond acceptors (Lipinski definition) is 6. The van der Waals surface area contributed by atoms with E-state index >= 15 is 0 Å². The smallest absolute Gasteiger partial charge is 0.225 e. The Labute approximate surface area is 148 Å². The summed E-state index contributed by atoms with van der Waals surface area (Å²) in [5, 5.41) is 3.55. The minimum absolute atomic E-state index is 0.496. The molecule has 1 saturated heterocycles. The molecule has 2 aromatic rings. The SMILES string of the molecule is Cc1cn2c(n1)C(CNCc1cnc(N3CCOCC3)nc1)CCC2. The van der Waals surface area contributed by atoms with Crippen LogP contribution in [0.15, 0.2) is 18.6 Å². The molecular weight excluding hydrogens is 316 g/mol. The van der Waals surface area contributed by atoms with Crippen molar-refractivity contribution in [3.8, 4) is 0 Å². The zero-order valence-corrected chi connectivity index (χ0v) is 14.8. The average Bonchev–Trinajstić information content (AvgIpc) is 3.04.